The van der Waals surface area contributed by atoms with Gasteiger partial charge in [-0.25, -0.2) is 4.79 Å². The maximum atomic E-state index is 12.6. The summed E-state index contributed by atoms with van der Waals surface area (Å²) in [6.45, 7) is 4.96. The largest absolute Gasteiger partial charge is 0.462 e. The van der Waals surface area contributed by atoms with E-state index >= 15 is 0 Å². The second-order valence-electron chi connectivity index (χ2n) is 6.73. The predicted molar refractivity (Wildman–Crippen MR) is 128 cm³/mol. The van der Waals surface area contributed by atoms with Crippen LogP contribution < -0.4 is 10.2 Å². The Balaban J connectivity index is 1.42. The average Bonchev–Trinajstić information content (AvgIpc) is 3.46. The van der Waals surface area contributed by atoms with Crippen molar-refractivity contribution < 1.29 is 19.1 Å². The van der Waals surface area contributed by atoms with Crippen LogP contribution >= 0.6 is 34.4 Å². The van der Waals surface area contributed by atoms with Gasteiger partial charge in [0.2, 0.25) is 11.0 Å². The van der Waals surface area contributed by atoms with Gasteiger partial charge in [0.15, 0.2) is 4.34 Å². The quantitative estimate of drug-likeness (QED) is 0.374. The monoisotopic (exact) mass is 490 g/mol. The van der Waals surface area contributed by atoms with Crippen molar-refractivity contribution in [1.82, 2.24) is 10.2 Å². The molecule has 1 saturated heterocycles. The summed E-state index contributed by atoms with van der Waals surface area (Å²) in [4.78, 5) is 27.4. The molecule has 0 aliphatic carbocycles. The van der Waals surface area contributed by atoms with Crippen LogP contribution in [0.3, 0.4) is 0 Å². The second-order valence-corrected chi connectivity index (χ2v) is 9.78. The molecule has 2 aromatic heterocycles. The fraction of sp³-hybridized carbons (Fsp3) is 0.333. The van der Waals surface area contributed by atoms with E-state index in [1.165, 1.54) is 34.4 Å². The lowest BCUT2D eigenvalue weighted by Gasteiger charge is -2.25. The van der Waals surface area contributed by atoms with Gasteiger partial charge in [-0.2, -0.15) is 0 Å². The van der Waals surface area contributed by atoms with Crippen LogP contribution in [-0.2, 0) is 14.3 Å². The highest BCUT2D eigenvalue weighted by molar-refractivity contribution is 8.01. The van der Waals surface area contributed by atoms with Gasteiger partial charge in [-0.15, -0.1) is 21.5 Å². The third kappa shape index (κ3) is 5.47. The molecule has 1 N–H and O–H groups in total. The van der Waals surface area contributed by atoms with Gasteiger partial charge in [0.1, 0.15) is 10.6 Å². The Bertz CT molecular complexity index is 1060. The molecular weight excluding hydrogens is 468 g/mol. The number of anilines is 2. The molecule has 8 nitrogen and oxygen atoms in total. The number of benzene rings is 1. The molecule has 0 saturated carbocycles. The summed E-state index contributed by atoms with van der Waals surface area (Å²) in [6, 6.07) is 9.58. The highest BCUT2D eigenvalue weighted by Crippen LogP contribution is 2.36. The lowest BCUT2D eigenvalue weighted by molar-refractivity contribution is -0.113. The minimum Gasteiger partial charge on any atom is -0.462 e. The van der Waals surface area contributed by atoms with Gasteiger partial charge >= 0.3 is 5.97 Å². The molecule has 0 atom stereocenters. The molecule has 0 radical (unpaired) electrons. The van der Waals surface area contributed by atoms with Crippen LogP contribution in [0.1, 0.15) is 17.3 Å². The summed E-state index contributed by atoms with van der Waals surface area (Å²) in [7, 11) is 0. The number of hydrogen-bond acceptors (Lipinski definition) is 10. The maximum Gasteiger partial charge on any atom is 0.341 e. The molecule has 1 aliphatic rings. The van der Waals surface area contributed by atoms with Gasteiger partial charge in [0.25, 0.3) is 0 Å². The van der Waals surface area contributed by atoms with E-state index in [0.29, 0.717) is 23.8 Å². The Morgan fingerprint density at radius 1 is 1.22 bits per heavy atom. The van der Waals surface area contributed by atoms with E-state index < -0.39 is 5.97 Å². The topological polar surface area (TPSA) is 93.6 Å². The van der Waals surface area contributed by atoms with Gasteiger partial charge < -0.3 is 19.7 Å². The zero-order valence-corrected chi connectivity index (χ0v) is 19.9. The number of hydrogen-bond donors (Lipinski definition) is 1. The van der Waals surface area contributed by atoms with E-state index in [2.05, 4.69) is 20.4 Å². The lowest BCUT2D eigenvalue weighted by Crippen LogP contribution is -2.36. The number of carbonyl (C=O) groups excluding carboxylic acids is 2. The molecular formula is C21H22N4O4S3. The van der Waals surface area contributed by atoms with Crippen LogP contribution in [0.25, 0.3) is 11.1 Å². The number of esters is 1. The summed E-state index contributed by atoms with van der Waals surface area (Å²) in [5, 5.41) is 14.5. The van der Waals surface area contributed by atoms with Gasteiger partial charge in [0, 0.05) is 24.0 Å². The van der Waals surface area contributed by atoms with Crippen molar-refractivity contribution >= 4 is 56.4 Å². The number of morpholine rings is 1. The van der Waals surface area contributed by atoms with Crippen LogP contribution in [0.15, 0.2) is 40.1 Å². The van der Waals surface area contributed by atoms with Gasteiger partial charge in [-0.05, 0) is 12.5 Å². The SMILES string of the molecule is CCOC(=O)c1c(-c2ccccc2)csc1NC(=O)CSc1nnc(N2CCOCC2)s1. The van der Waals surface area contributed by atoms with Crippen molar-refractivity contribution in [3.63, 3.8) is 0 Å². The number of ether oxygens (including phenoxy) is 2. The summed E-state index contributed by atoms with van der Waals surface area (Å²) in [5.74, 6) is -0.501. The average molecular weight is 491 g/mol. The van der Waals surface area contributed by atoms with Crippen LogP contribution in [-0.4, -0.2) is 60.7 Å². The minimum absolute atomic E-state index is 0.165. The Morgan fingerprint density at radius 2 is 2.00 bits per heavy atom. The van der Waals surface area contributed by atoms with Crippen LogP contribution in [0.5, 0.6) is 0 Å². The number of amides is 1. The lowest BCUT2D eigenvalue weighted by atomic mass is 10.0. The molecule has 32 heavy (non-hydrogen) atoms. The number of carbonyl (C=O) groups is 2. The Hall–Kier alpha value is -2.47. The number of nitrogens with zero attached hydrogens (tertiary/aromatic N) is 3. The van der Waals surface area contributed by atoms with E-state index in [1.807, 2.05) is 35.7 Å². The van der Waals surface area contributed by atoms with Crippen LogP contribution in [0, 0.1) is 0 Å². The minimum atomic E-state index is -0.449. The highest BCUT2D eigenvalue weighted by atomic mass is 32.2. The number of nitrogens with one attached hydrogen (secondary N) is 1. The molecule has 0 spiro atoms. The van der Waals surface area contributed by atoms with E-state index in [4.69, 9.17) is 9.47 Å². The van der Waals surface area contributed by atoms with Crippen molar-refractivity contribution in [1.29, 1.82) is 0 Å². The Labute approximate surface area is 197 Å². The number of rotatable bonds is 8. The first-order chi connectivity index (χ1) is 15.7. The molecule has 0 bridgehead atoms. The number of thiophene rings is 1. The van der Waals surface area contributed by atoms with Gasteiger partial charge in [-0.1, -0.05) is 53.4 Å². The number of aromatic nitrogens is 2. The third-order valence-corrected chi connectivity index (χ3v) is 7.63. The summed E-state index contributed by atoms with van der Waals surface area (Å²) >= 11 is 4.10. The van der Waals surface area contributed by atoms with Crippen molar-refractivity contribution in [3.8, 4) is 11.1 Å². The molecule has 1 amide bonds. The van der Waals surface area contributed by atoms with Crippen molar-refractivity contribution in [2.45, 2.75) is 11.3 Å². The summed E-state index contributed by atoms with van der Waals surface area (Å²) in [5.41, 5.74) is 2.02. The van der Waals surface area contributed by atoms with Crippen molar-refractivity contribution in [2.75, 3.05) is 48.9 Å². The van der Waals surface area contributed by atoms with E-state index in [9.17, 15) is 9.59 Å². The summed E-state index contributed by atoms with van der Waals surface area (Å²) < 4.78 is 11.3. The molecule has 1 aromatic carbocycles. The normalized spacial score (nSPS) is 13.7. The predicted octanol–water partition coefficient (Wildman–Crippen LogP) is 4.01. The van der Waals surface area contributed by atoms with Crippen LogP contribution in [0.2, 0.25) is 0 Å². The van der Waals surface area contributed by atoms with E-state index in [1.54, 1.807) is 6.92 Å². The first-order valence-corrected chi connectivity index (χ1v) is 12.8. The van der Waals surface area contributed by atoms with Crippen molar-refractivity contribution in [3.05, 3.63) is 41.3 Å². The standard InChI is InChI=1S/C21H22N4O4S3/c1-2-29-19(27)17-15(14-6-4-3-5-7-14)12-30-18(17)22-16(26)13-31-21-24-23-20(32-21)25-8-10-28-11-9-25/h3-7,12H,2,8-11,13H2,1H3,(H,22,26). The molecule has 168 valence electrons. The Kier molecular flexibility index (Phi) is 7.74. The zero-order valence-electron chi connectivity index (χ0n) is 17.4. The number of thioether (sulfide) groups is 1. The first-order valence-electron chi connectivity index (χ1n) is 10.1. The fourth-order valence-corrected chi connectivity index (χ4v) is 5.79. The maximum absolute atomic E-state index is 12.6. The molecule has 1 fully saturated rings. The molecule has 3 heterocycles. The molecule has 3 aromatic rings. The van der Waals surface area contributed by atoms with Gasteiger partial charge in [-0.3, -0.25) is 4.79 Å². The van der Waals surface area contributed by atoms with Crippen molar-refractivity contribution in [2.24, 2.45) is 0 Å². The Morgan fingerprint density at radius 3 is 2.75 bits per heavy atom. The molecule has 0 unspecified atom stereocenters. The van der Waals surface area contributed by atoms with E-state index in [-0.39, 0.29) is 18.3 Å². The first kappa shape index (κ1) is 22.7. The van der Waals surface area contributed by atoms with Crippen LogP contribution in [0.4, 0.5) is 10.1 Å². The third-order valence-electron chi connectivity index (χ3n) is 4.61. The zero-order chi connectivity index (χ0) is 22.3. The highest BCUT2D eigenvalue weighted by Gasteiger charge is 2.23. The smallest absolute Gasteiger partial charge is 0.341 e. The fourth-order valence-electron chi connectivity index (χ4n) is 3.12. The summed E-state index contributed by atoms with van der Waals surface area (Å²) in [6.07, 6.45) is 0. The van der Waals surface area contributed by atoms with E-state index in [0.717, 1.165) is 33.7 Å². The molecule has 4 rings (SSSR count). The van der Waals surface area contributed by atoms with Gasteiger partial charge in [0.05, 0.1) is 25.6 Å². The molecule has 11 heteroatoms. The second kappa shape index (κ2) is 10.9. The molecule has 1 aliphatic heterocycles.